The Morgan fingerprint density at radius 2 is 2.00 bits per heavy atom. The van der Waals surface area contributed by atoms with E-state index in [0.29, 0.717) is 28.6 Å². The maximum absolute atomic E-state index is 12.7. The highest BCUT2D eigenvalue weighted by Gasteiger charge is 2.27. The molecule has 3 rings (SSSR count). The maximum Gasteiger partial charge on any atom is 0.258 e. The van der Waals surface area contributed by atoms with E-state index in [1.165, 1.54) is 15.6 Å². The van der Waals surface area contributed by atoms with Gasteiger partial charge in [0.05, 0.1) is 18.2 Å². The number of nitrogens with one attached hydrogen (secondary N) is 1. The van der Waals surface area contributed by atoms with Gasteiger partial charge < -0.3 is 10.1 Å². The Hall–Kier alpha value is -2.41. The molecule has 0 unspecified atom stereocenters. The van der Waals surface area contributed by atoms with Crippen LogP contribution in [0.3, 0.4) is 0 Å². The number of piperidine rings is 1. The predicted octanol–water partition coefficient (Wildman–Crippen LogP) is 2.49. The first-order chi connectivity index (χ1) is 13.5. The summed E-state index contributed by atoms with van der Waals surface area (Å²) in [5.41, 5.74) is 0.457. The first kappa shape index (κ1) is 20.3. The molecular weight excluding hydrogens is 398 g/mol. The number of sulfonamides is 1. The highest BCUT2D eigenvalue weighted by Crippen LogP contribution is 2.27. The lowest BCUT2D eigenvalue weighted by atomic mass is 10.2. The quantitative estimate of drug-likeness (QED) is 0.743. The Morgan fingerprint density at radius 1 is 1.21 bits per heavy atom. The molecule has 1 fully saturated rings. The average Bonchev–Trinajstić information content (AvgIpc) is 3.21. The fraction of sp³-hybridized carbons (Fsp3) is 0.368. The topological polar surface area (TPSA) is 99.5 Å². The van der Waals surface area contributed by atoms with Crippen LogP contribution in [0.1, 0.15) is 29.7 Å². The van der Waals surface area contributed by atoms with Gasteiger partial charge >= 0.3 is 0 Å². The van der Waals surface area contributed by atoms with Crippen LogP contribution in [0.25, 0.3) is 0 Å². The maximum atomic E-state index is 12.7. The van der Waals surface area contributed by atoms with Crippen LogP contribution in [0.5, 0.6) is 5.75 Å². The molecule has 2 aromatic rings. The SMILES string of the molecule is N#Cc1cccc(OCC(=O)NCc2ccc(S(=O)(=O)N3CCCCC3)s2)c1. The van der Waals surface area contributed by atoms with E-state index in [4.69, 9.17) is 10.00 Å². The van der Waals surface area contributed by atoms with Gasteiger partial charge in [0.15, 0.2) is 6.61 Å². The van der Waals surface area contributed by atoms with E-state index in [1.807, 2.05) is 6.07 Å². The minimum Gasteiger partial charge on any atom is -0.484 e. The molecule has 0 bridgehead atoms. The Bertz CT molecular complexity index is 973. The third-order valence-corrected chi connectivity index (χ3v) is 7.79. The zero-order valence-corrected chi connectivity index (χ0v) is 16.9. The van der Waals surface area contributed by atoms with E-state index in [1.54, 1.807) is 36.4 Å². The summed E-state index contributed by atoms with van der Waals surface area (Å²) in [5.74, 6) is 0.122. The molecule has 1 amide bonds. The zero-order valence-electron chi connectivity index (χ0n) is 15.3. The molecule has 1 saturated heterocycles. The van der Waals surface area contributed by atoms with Gasteiger partial charge in [0.25, 0.3) is 15.9 Å². The lowest BCUT2D eigenvalue weighted by Crippen LogP contribution is -2.35. The Balaban J connectivity index is 1.51. The van der Waals surface area contributed by atoms with Gasteiger partial charge in [-0.3, -0.25) is 4.79 Å². The van der Waals surface area contributed by atoms with Crippen molar-refractivity contribution in [1.29, 1.82) is 5.26 Å². The molecule has 9 heteroatoms. The Kier molecular flexibility index (Phi) is 6.67. The molecule has 0 spiro atoms. The lowest BCUT2D eigenvalue weighted by molar-refractivity contribution is -0.123. The van der Waals surface area contributed by atoms with Crippen molar-refractivity contribution in [1.82, 2.24) is 9.62 Å². The van der Waals surface area contributed by atoms with Crippen LogP contribution in [-0.4, -0.2) is 38.3 Å². The highest BCUT2D eigenvalue weighted by atomic mass is 32.2. The number of nitrogens with zero attached hydrogens (tertiary/aromatic N) is 2. The molecule has 0 aliphatic carbocycles. The van der Waals surface area contributed by atoms with Gasteiger partial charge in [-0.2, -0.15) is 9.57 Å². The summed E-state index contributed by atoms with van der Waals surface area (Å²) in [6, 6.07) is 11.9. The second-order valence-corrected chi connectivity index (χ2v) is 9.72. The van der Waals surface area contributed by atoms with Crippen molar-refractivity contribution in [2.45, 2.75) is 30.0 Å². The van der Waals surface area contributed by atoms with Gasteiger partial charge in [0, 0.05) is 18.0 Å². The van der Waals surface area contributed by atoms with Crippen molar-refractivity contribution in [3.63, 3.8) is 0 Å². The summed E-state index contributed by atoms with van der Waals surface area (Å²) >= 11 is 1.17. The predicted molar refractivity (Wildman–Crippen MR) is 105 cm³/mol. The largest absolute Gasteiger partial charge is 0.484 e. The van der Waals surface area contributed by atoms with Crippen molar-refractivity contribution < 1.29 is 17.9 Å². The molecule has 0 saturated carbocycles. The van der Waals surface area contributed by atoms with E-state index < -0.39 is 10.0 Å². The summed E-state index contributed by atoms with van der Waals surface area (Å²) in [6.45, 7) is 1.19. The van der Waals surface area contributed by atoms with Crippen LogP contribution in [0.2, 0.25) is 0 Å². The van der Waals surface area contributed by atoms with Crippen molar-refractivity contribution in [3.05, 3.63) is 46.8 Å². The number of carbonyl (C=O) groups is 1. The second-order valence-electron chi connectivity index (χ2n) is 6.39. The summed E-state index contributed by atoms with van der Waals surface area (Å²) < 4.78 is 32.5. The summed E-state index contributed by atoms with van der Waals surface area (Å²) in [7, 11) is -3.44. The van der Waals surface area contributed by atoms with E-state index in [2.05, 4.69) is 5.32 Å². The zero-order chi connectivity index (χ0) is 20.0. The standard InChI is InChI=1S/C19H21N3O4S2/c20-12-15-5-4-6-16(11-15)26-14-18(23)21-13-17-7-8-19(27-17)28(24,25)22-9-2-1-3-10-22/h4-8,11H,1-3,9-10,13-14H2,(H,21,23). The summed E-state index contributed by atoms with van der Waals surface area (Å²) in [5, 5.41) is 11.6. The number of ether oxygens (including phenoxy) is 1. The fourth-order valence-corrected chi connectivity index (χ4v) is 5.83. The van der Waals surface area contributed by atoms with Crippen LogP contribution in [0.4, 0.5) is 0 Å². The van der Waals surface area contributed by atoms with Crippen molar-refractivity contribution in [2.75, 3.05) is 19.7 Å². The minimum absolute atomic E-state index is 0.181. The molecule has 2 heterocycles. The first-order valence-corrected chi connectivity index (χ1v) is 11.2. The highest BCUT2D eigenvalue weighted by molar-refractivity contribution is 7.91. The molecule has 1 aromatic carbocycles. The van der Waals surface area contributed by atoms with Crippen LogP contribution >= 0.6 is 11.3 Å². The number of hydrogen-bond donors (Lipinski definition) is 1. The van der Waals surface area contributed by atoms with Gasteiger partial charge in [-0.25, -0.2) is 8.42 Å². The molecule has 148 valence electrons. The van der Waals surface area contributed by atoms with Gasteiger partial charge in [0.2, 0.25) is 0 Å². The third kappa shape index (κ3) is 5.10. The van der Waals surface area contributed by atoms with Crippen LogP contribution < -0.4 is 10.1 Å². The van der Waals surface area contributed by atoms with E-state index in [0.717, 1.165) is 24.1 Å². The number of thiophene rings is 1. The molecule has 1 aromatic heterocycles. The van der Waals surface area contributed by atoms with E-state index >= 15 is 0 Å². The molecule has 1 N–H and O–H groups in total. The van der Waals surface area contributed by atoms with E-state index in [9.17, 15) is 13.2 Å². The fourth-order valence-electron chi connectivity index (χ4n) is 2.87. The van der Waals surface area contributed by atoms with Crippen molar-refractivity contribution >= 4 is 27.3 Å². The van der Waals surface area contributed by atoms with Gasteiger partial charge in [-0.15, -0.1) is 11.3 Å². The Labute approximate surface area is 168 Å². The number of amides is 1. The smallest absolute Gasteiger partial charge is 0.258 e. The molecule has 0 atom stereocenters. The monoisotopic (exact) mass is 419 g/mol. The van der Waals surface area contributed by atoms with Gasteiger partial charge in [-0.05, 0) is 43.2 Å². The Morgan fingerprint density at radius 3 is 2.75 bits per heavy atom. The van der Waals surface area contributed by atoms with Crippen molar-refractivity contribution in [2.24, 2.45) is 0 Å². The van der Waals surface area contributed by atoms with E-state index in [-0.39, 0.29) is 19.1 Å². The summed E-state index contributed by atoms with van der Waals surface area (Å²) in [4.78, 5) is 12.7. The number of rotatable bonds is 7. The van der Waals surface area contributed by atoms with Gasteiger partial charge in [0.1, 0.15) is 9.96 Å². The number of carbonyl (C=O) groups excluding carboxylic acids is 1. The molecule has 0 radical (unpaired) electrons. The van der Waals surface area contributed by atoms with Crippen LogP contribution in [-0.2, 0) is 21.4 Å². The minimum atomic E-state index is -3.44. The van der Waals surface area contributed by atoms with Crippen LogP contribution in [0, 0.1) is 11.3 Å². The first-order valence-electron chi connectivity index (χ1n) is 8.97. The molecule has 28 heavy (non-hydrogen) atoms. The average molecular weight is 420 g/mol. The molecule has 7 nitrogen and oxygen atoms in total. The number of benzene rings is 1. The summed E-state index contributed by atoms with van der Waals surface area (Å²) in [6.07, 6.45) is 2.85. The van der Waals surface area contributed by atoms with Crippen LogP contribution in [0.15, 0.2) is 40.6 Å². The molecular formula is C19H21N3O4S2. The molecule has 1 aliphatic rings. The normalized spacial score (nSPS) is 15.0. The third-order valence-electron chi connectivity index (χ3n) is 4.34. The van der Waals surface area contributed by atoms with Gasteiger partial charge in [-0.1, -0.05) is 12.5 Å². The number of nitriles is 1. The lowest BCUT2D eigenvalue weighted by Gasteiger charge is -2.25. The van der Waals surface area contributed by atoms with Crippen molar-refractivity contribution in [3.8, 4) is 11.8 Å². The second kappa shape index (κ2) is 9.19. The molecule has 1 aliphatic heterocycles. The number of hydrogen-bond acceptors (Lipinski definition) is 6.